The van der Waals surface area contributed by atoms with Crippen molar-refractivity contribution in [2.24, 2.45) is 0 Å². The smallest absolute Gasteiger partial charge is 0.0361 e. The van der Waals surface area contributed by atoms with Gasteiger partial charge in [-0.25, -0.2) is 0 Å². The summed E-state index contributed by atoms with van der Waals surface area (Å²) in [4.78, 5) is 0. The molecule has 0 amide bonds. The Labute approximate surface area is 302 Å². The van der Waals surface area contributed by atoms with Crippen molar-refractivity contribution < 1.29 is 0 Å². The highest BCUT2D eigenvalue weighted by molar-refractivity contribution is 7.26. The fraction of sp³-hybridized carbons (Fsp3) is 0.0800. The van der Waals surface area contributed by atoms with E-state index in [0.717, 1.165) is 0 Å². The van der Waals surface area contributed by atoms with Gasteiger partial charge in [-0.2, -0.15) is 0 Å². The van der Waals surface area contributed by atoms with Gasteiger partial charge >= 0.3 is 0 Å². The zero-order chi connectivity index (χ0) is 34.3. The van der Waals surface area contributed by atoms with E-state index < -0.39 is 0 Å². The molecule has 0 unspecified atom stereocenters. The molecule has 9 aromatic carbocycles. The van der Waals surface area contributed by atoms with E-state index in [1.54, 1.807) is 0 Å². The maximum atomic E-state index is 2.45. The zero-order valence-corrected chi connectivity index (χ0v) is 29.8. The second-order valence-electron chi connectivity index (χ2n) is 14.8. The van der Waals surface area contributed by atoms with Crippen LogP contribution in [0, 0.1) is 0 Å². The van der Waals surface area contributed by atoms with Gasteiger partial charge in [0.15, 0.2) is 0 Å². The number of hydrogen-bond acceptors (Lipinski definition) is 1. The molecule has 0 N–H and O–H groups in total. The third-order valence-electron chi connectivity index (χ3n) is 10.7. The number of rotatable bonds is 3. The molecular formula is C50H36S. The van der Waals surface area contributed by atoms with Gasteiger partial charge in [0, 0.05) is 20.2 Å². The van der Waals surface area contributed by atoms with Crippen LogP contribution in [0.3, 0.4) is 0 Å². The quantitative estimate of drug-likeness (QED) is 0.164. The highest BCUT2D eigenvalue weighted by atomic mass is 32.1. The summed E-state index contributed by atoms with van der Waals surface area (Å²) in [5, 5.41) is 13.1. The highest BCUT2D eigenvalue weighted by Gasteiger charge is 2.24. The number of benzene rings is 9. The van der Waals surface area contributed by atoms with Crippen LogP contribution < -0.4 is 0 Å². The third kappa shape index (κ3) is 4.58. The minimum absolute atomic E-state index is 0.0111. The molecule has 10 aromatic rings. The third-order valence-corrected chi connectivity index (χ3v) is 11.8. The predicted octanol–water partition coefficient (Wildman–Crippen LogP) is 15.0. The molecule has 1 heteroatoms. The first kappa shape index (κ1) is 30.1. The van der Waals surface area contributed by atoms with Crippen molar-refractivity contribution >= 4 is 74.6 Å². The van der Waals surface area contributed by atoms with Gasteiger partial charge in [-0.1, -0.05) is 172 Å². The van der Waals surface area contributed by atoms with Gasteiger partial charge in [0.1, 0.15) is 0 Å². The normalized spacial score (nSPS) is 12.2. The van der Waals surface area contributed by atoms with E-state index in [1.165, 1.54) is 102 Å². The van der Waals surface area contributed by atoms with Crippen LogP contribution in [0.15, 0.2) is 164 Å². The fourth-order valence-corrected chi connectivity index (χ4v) is 9.94. The summed E-state index contributed by atoms with van der Waals surface area (Å²) in [5.41, 5.74) is 9.18. The Morgan fingerprint density at radius 3 is 1.37 bits per heavy atom. The van der Waals surface area contributed by atoms with Crippen molar-refractivity contribution in [2.45, 2.75) is 26.2 Å². The van der Waals surface area contributed by atoms with E-state index in [9.17, 15) is 0 Å². The molecule has 0 radical (unpaired) electrons. The van der Waals surface area contributed by atoms with Crippen LogP contribution in [0.1, 0.15) is 26.3 Å². The maximum absolute atomic E-state index is 2.45. The summed E-state index contributed by atoms with van der Waals surface area (Å²) in [6, 6.07) is 60.9. The van der Waals surface area contributed by atoms with Gasteiger partial charge in [-0.3, -0.25) is 0 Å². The Hall–Kier alpha value is -5.76. The van der Waals surface area contributed by atoms with Crippen LogP contribution in [0.5, 0.6) is 0 Å². The SMILES string of the molecule is CC(C)(C)c1c2ccccc2c(-c2ccc3c(c2)sc2cccc(-c4c5ccccc5c(-c5ccccc5)c5ccccc45)c23)c2ccccc12. The topological polar surface area (TPSA) is 0 Å². The van der Waals surface area contributed by atoms with Crippen molar-refractivity contribution in [3.8, 4) is 33.4 Å². The standard InChI is InChI=1S/C50H36S/c1-50(2,3)49-39-24-13-11-22-37(39)46(38-23-12-14-25-40(38)49)32-28-29-41-44(30-32)51-43-27-15-26-42(48(41)43)47-35-20-9-7-18-33(35)45(31-16-5-4-6-17-31)34-19-8-10-21-36(34)47/h4-30H,1-3H3. The summed E-state index contributed by atoms with van der Waals surface area (Å²) >= 11 is 1.91. The first-order chi connectivity index (χ1) is 25.0. The van der Waals surface area contributed by atoms with Crippen molar-refractivity contribution in [1.29, 1.82) is 0 Å². The van der Waals surface area contributed by atoms with E-state index >= 15 is 0 Å². The molecule has 0 nitrogen and oxygen atoms in total. The van der Waals surface area contributed by atoms with E-state index in [0.29, 0.717) is 0 Å². The highest BCUT2D eigenvalue weighted by Crippen LogP contribution is 2.49. The molecule has 0 aliphatic rings. The lowest BCUT2D eigenvalue weighted by atomic mass is 9.78. The minimum Gasteiger partial charge on any atom is -0.135 e. The second kappa shape index (κ2) is 11.4. The van der Waals surface area contributed by atoms with E-state index in [4.69, 9.17) is 0 Å². The van der Waals surface area contributed by atoms with Crippen molar-refractivity contribution in [3.63, 3.8) is 0 Å². The lowest BCUT2D eigenvalue weighted by Crippen LogP contribution is -2.13. The molecule has 0 aliphatic carbocycles. The number of hydrogen-bond donors (Lipinski definition) is 0. The lowest BCUT2D eigenvalue weighted by molar-refractivity contribution is 0.601. The minimum atomic E-state index is 0.0111. The van der Waals surface area contributed by atoms with Crippen LogP contribution in [0.2, 0.25) is 0 Å². The van der Waals surface area contributed by atoms with Gasteiger partial charge in [-0.05, 0) is 99.6 Å². The summed E-state index contributed by atoms with van der Waals surface area (Å²) in [5.74, 6) is 0. The molecule has 0 atom stereocenters. The van der Waals surface area contributed by atoms with E-state index in [2.05, 4.69) is 185 Å². The predicted molar refractivity (Wildman–Crippen MR) is 224 cm³/mol. The first-order valence-corrected chi connectivity index (χ1v) is 18.7. The van der Waals surface area contributed by atoms with Crippen molar-refractivity contribution in [2.75, 3.05) is 0 Å². The van der Waals surface area contributed by atoms with Crippen LogP contribution in [0.25, 0.3) is 96.6 Å². The Kier molecular flexibility index (Phi) is 6.72. The molecule has 10 rings (SSSR count). The van der Waals surface area contributed by atoms with Crippen molar-refractivity contribution in [3.05, 3.63) is 169 Å². The number of thiophene rings is 1. The molecule has 0 fully saturated rings. The zero-order valence-electron chi connectivity index (χ0n) is 29.0. The fourth-order valence-electron chi connectivity index (χ4n) is 8.77. The van der Waals surface area contributed by atoms with Crippen LogP contribution in [-0.4, -0.2) is 0 Å². The molecule has 0 saturated carbocycles. The van der Waals surface area contributed by atoms with Gasteiger partial charge in [0.25, 0.3) is 0 Å². The first-order valence-electron chi connectivity index (χ1n) is 17.9. The largest absolute Gasteiger partial charge is 0.135 e. The number of fused-ring (bicyclic) bond motifs is 7. The molecule has 0 spiro atoms. The molecule has 1 heterocycles. The summed E-state index contributed by atoms with van der Waals surface area (Å²) in [6.07, 6.45) is 0. The van der Waals surface area contributed by atoms with E-state index in [-0.39, 0.29) is 5.41 Å². The molecule has 242 valence electrons. The Bertz CT molecular complexity index is 2880. The average Bonchev–Trinajstić information content (AvgIpc) is 3.54. The van der Waals surface area contributed by atoms with Gasteiger partial charge in [-0.15, -0.1) is 11.3 Å². The summed E-state index contributed by atoms with van der Waals surface area (Å²) in [7, 11) is 0. The van der Waals surface area contributed by atoms with Crippen molar-refractivity contribution in [1.82, 2.24) is 0 Å². The lowest BCUT2D eigenvalue weighted by Gasteiger charge is -2.26. The van der Waals surface area contributed by atoms with Gasteiger partial charge in [0.2, 0.25) is 0 Å². The van der Waals surface area contributed by atoms with Gasteiger partial charge < -0.3 is 0 Å². The van der Waals surface area contributed by atoms with E-state index in [1.807, 2.05) is 11.3 Å². The summed E-state index contributed by atoms with van der Waals surface area (Å²) < 4.78 is 2.63. The van der Waals surface area contributed by atoms with Gasteiger partial charge in [0.05, 0.1) is 0 Å². The Balaban J connectivity index is 1.26. The molecule has 0 bridgehead atoms. The van der Waals surface area contributed by atoms with Crippen LogP contribution in [-0.2, 0) is 5.41 Å². The summed E-state index contributed by atoms with van der Waals surface area (Å²) in [6.45, 7) is 7.01. The average molecular weight is 669 g/mol. The molecule has 0 saturated heterocycles. The monoisotopic (exact) mass is 668 g/mol. The van der Waals surface area contributed by atoms with Crippen LogP contribution >= 0.6 is 11.3 Å². The molecule has 51 heavy (non-hydrogen) atoms. The van der Waals surface area contributed by atoms with Crippen LogP contribution in [0.4, 0.5) is 0 Å². The Morgan fingerprint density at radius 2 is 0.824 bits per heavy atom. The second-order valence-corrected chi connectivity index (χ2v) is 15.9. The molecular weight excluding hydrogens is 633 g/mol. The Morgan fingerprint density at radius 1 is 0.353 bits per heavy atom. The maximum Gasteiger partial charge on any atom is 0.0361 e. The molecule has 1 aromatic heterocycles. The molecule has 0 aliphatic heterocycles.